The van der Waals surface area contributed by atoms with Gasteiger partial charge in [-0.3, -0.25) is 4.79 Å². The molecule has 1 aromatic carbocycles. The van der Waals surface area contributed by atoms with Crippen LogP contribution in [0.5, 0.6) is 0 Å². The van der Waals surface area contributed by atoms with Crippen molar-refractivity contribution in [2.45, 2.75) is 33.2 Å². The third-order valence-electron chi connectivity index (χ3n) is 4.84. The molecule has 3 heterocycles. The maximum Gasteiger partial charge on any atom is 0.222 e. The Labute approximate surface area is 167 Å². The molecule has 1 amide bonds. The topological polar surface area (TPSA) is 77.1 Å². The Morgan fingerprint density at radius 2 is 1.97 bits per heavy atom. The van der Waals surface area contributed by atoms with E-state index in [4.69, 9.17) is 5.10 Å². The van der Waals surface area contributed by atoms with Crippen LogP contribution < -0.4 is 5.32 Å². The lowest BCUT2D eigenvalue weighted by Gasteiger charge is -2.15. The maximum atomic E-state index is 13.4. The maximum absolute atomic E-state index is 13.4. The van der Waals surface area contributed by atoms with Crippen molar-refractivity contribution >= 4 is 17.4 Å². The predicted molar refractivity (Wildman–Crippen MR) is 109 cm³/mol. The number of imidazole rings is 2. The third kappa shape index (κ3) is 3.61. The summed E-state index contributed by atoms with van der Waals surface area (Å²) in [7, 11) is 0. The van der Waals surface area contributed by atoms with Crippen LogP contribution in [0.4, 0.5) is 10.2 Å². The van der Waals surface area contributed by atoms with Crippen molar-refractivity contribution in [2.75, 3.05) is 5.32 Å². The molecular weight excluding hydrogens is 371 g/mol. The Balaban J connectivity index is 1.86. The molecule has 8 heteroatoms. The average molecular weight is 392 g/mol. The molecule has 7 nitrogen and oxygen atoms in total. The summed E-state index contributed by atoms with van der Waals surface area (Å²) < 4.78 is 17.1. The van der Waals surface area contributed by atoms with Gasteiger partial charge < -0.3 is 9.88 Å². The third-order valence-corrected chi connectivity index (χ3v) is 4.84. The molecule has 4 aromatic rings. The molecule has 0 fully saturated rings. The molecule has 0 bridgehead atoms. The minimum Gasteiger partial charge on any atom is -0.326 e. The number of nitrogens with one attached hydrogen (secondary N) is 1. The van der Waals surface area contributed by atoms with Crippen LogP contribution in [0.3, 0.4) is 0 Å². The normalized spacial score (nSPS) is 12.3. The lowest BCUT2D eigenvalue weighted by atomic mass is 10.1. The van der Waals surface area contributed by atoms with Crippen molar-refractivity contribution in [2.24, 2.45) is 0 Å². The van der Waals surface area contributed by atoms with Gasteiger partial charge in [0.1, 0.15) is 11.5 Å². The molecule has 0 saturated heterocycles. The standard InChI is InChI=1S/C21H21FN6O/c1-4-13(2)27-12-23-20(15-5-7-16(22)8-6-15)21(27)17-9-10-19-25-18(24-14(3)29)11-28(19)26-17/h5-13H,4H2,1-3H3,(H,24,29). The molecular formula is C21H21FN6O. The number of nitrogens with zero attached hydrogens (tertiary/aromatic N) is 5. The first-order chi connectivity index (χ1) is 14.0. The predicted octanol–water partition coefficient (Wildman–Crippen LogP) is 4.33. The minimum atomic E-state index is -0.292. The average Bonchev–Trinajstić information content (AvgIpc) is 3.30. The second-order valence-corrected chi connectivity index (χ2v) is 6.94. The monoisotopic (exact) mass is 392 g/mol. The molecule has 148 valence electrons. The molecule has 29 heavy (non-hydrogen) atoms. The van der Waals surface area contributed by atoms with Crippen LogP contribution in [-0.2, 0) is 4.79 Å². The number of benzene rings is 1. The molecule has 0 radical (unpaired) electrons. The first-order valence-corrected chi connectivity index (χ1v) is 9.43. The number of carbonyl (C=O) groups excluding carboxylic acids is 1. The van der Waals surface area contributed by atoms with Gasteiger partial charge in [0, 0.05) is 18.5 Å². The minimum absolute atomic E-state index is 0.193. The van der Waals surface area contributed by atoms with Crippen LogP contribution in [-0.4, -0.2) is 30.1 Å². The van der Waals surface area contributed by atoms with Gasteiger partial charge in [-0.2, -0.15) is 5.10 Å². The van der Waals surface area contributed by atoms with E-state index in [0.29, 0.717) is 17.2 Å². The van der Waals surface area contributed by atoms with E-state index in [9.17, 15) is 9.18 Å². The van der Waals surface area contributed by atoms with E-state index >= 15 is 0 Å². The molecule has 0 spiro atoms. The first-order valence-electron chi connectivity index (χ1n) is 9.43. The summed E-state index contributed by atoms with van der Waals surface area (Å²) in [5, 5.41) is 7.36. The zero-order valence-electron chi connectivity index (χ0n) is 16.4. The molecule has 1 atom stereocenters. The van der Waals surface area contributed by atoms with E-state index in [1.165, 1.54) is 19.1 Å². The van der Waals surface area contributed by atoms with Gasteiger partial charge in [-0.1, -0.05) is 6.92 Å². The van der Waals surface area contributed by atoms with Crippen molar-refractivity contribution in [1.29, 1.82) is 0 Å². The lowest BCUT2D eigenvalue weighted by Crippen LogP contribution is -2.06. The molecule has 0 saturated carbocycles. The molecule has 3 aromatic heterocycles. The second-order valence-electron chi connectivity index (χ2n) is 6.94. The van der Waals surface area contributed by atoms with Crippen molar-refractivity contribution in [3.63, 3.8) is 0 Å². The van der Waals surface area contributed by atoms with E-state index in [1.54, 1.807) is 29.2 Å². The number of amides is 1. The number of fused-ring (bicyclic) bond motifs is 1. The Hall–Kier alpha value is -3.55. The fraction of sp³-hybridized carbons (Fsp3) is 0.238. The summed E-state index contributed by atoms with van der Waals surface area (Å²) in [5.74, 6) is -0.0430. The van der Waals surface area contributed by atoms with E-state index in [-0.39, 0.29) is 17.8 Å². The van der Waals surface area contributed by atoms with Gasteiger partial charge in [-0.15, -0.1) is 0 Å². The van der Waals surface area contributed by atoms with Gasteiger partial charge >= 0.3 is 0 Å². The van der Waals surface area contributed by atoms with E-state index in [0.717, 1.165) is 23.4 Å². The van der Waals surface area contributed by atoms with Crippen LogP contribution in [0.25, 0.3) is 28.3 Å². The summed E-state index contributed by atoms with van der Waals surface area (Å²) in [6.07, 6.45) is 4.39. The summed E-state index contributed by atoms with van der Waals surface area (Å²) in [5.41, 5.74) is 3.73. The number of hydrogen-bond donors (Lipinski definition) is 1. The van der Waals surface area contributed by atoms with E-state index in [2.05, 4.69) is 33.7 Å². The highest BCUT2D eigenvalue weighted by Crippen LogP contribution is 2.33. The van der Waals surface area contributed by atoms with Crippen molar-refractivity contribution in [1.82, 2.24) is 24.1 Å². The largest absolute Gasteiger partial charge is 0.326 e. The fourth-order valence-electron chi connectivity index (χ4n) is 3.21. The van der Waals surface area contributed by atoms with Crippen LogP contribution in [0.2, 0.25) is 0 Å². The quantitative estimate of drug-likeness (QED) is 0.548. The van der Waals surface area contributed by atoms with Gasteiger partial charge in [-0.05, 0) is 49.7 Å². The number of anilines is 1. The molecule has 0 aliphatic heterocycles. The molecule has 0 aliphatic carbocycles. The second kappa shape index (κ2) is 7.46. The van der Waals surface area contributed by atoms with E-state index < -0.39 is 0 Å². The Bertz CT molecular complexity index is 1180. The highest BCUT2D eigenvalue weighted by atomic mass is 19.1. The molecule has 1 unspecified atom stereocenters. The number of carbonyl (C=O) groups is 1. The number of aromatic nitrogens is 5. The van der Waals surface area contributed by atoms with Gasteiger partial charge in [0.2, 0.25) is 5.91 Å². The van der Waals surface area contributed by atoms with Crippen LogP contribution in [0, 0.1) is 5.82 Å². The highest BCUT2D eigenvalue weighted by molar-refractivity contribution is 5.87. The van der Waals surface area contributed by atoms with Gasteiger partial charge in [-0.25, -0.2) is 18.9 Å². The van der Waals surface area contributed by atoms with Crippen molar-refractivity contribution in [3.05, 3.63) is 54.7 Å². The number of hydrogen-bond acceptors (Lipinski definition) is 4. The Kier molecular flexibility index (Phi) is 4.84. The van der Waals surface area contributed by atoms with Gasteiger partial charge in [0.05, 0.1) is 23.9 Å². The van der Waals surface area contributed by atoms with Crippen molar-refractivity contribution < 1.29 is 9.18 Å². The Morgan fingerprint density at radius 1 is 1.21 bits per heavy atom. The zero-order chi connectivity index (χ0) is 20.5. The molecule has 0 aliphatic rings. The van der Waals surface area contributed by atoms with Crippen molar-refractivity contribution in [3.8, 4) is 22.6 Å². The van der Waals surface area contributed by atoms with Gasteiger partial charge in [0.25, 0.3) is 0 Å². The summed E-state index contributed by atoms with van der Waals surface area (Å²) in [4.78, 5) is 20.3. The molecule has 4 rings (SSSR count). The fourth-order valence-corrected chi connectivity index (χ4v) is 3.21. The molecule has 1 N–H and O–H groups in total. The van der Waals surface area contributed by atoms with E-state index in [1.807, 2.05) is 12.1 Å². The summed E-state index contributed by atoms with van der Waals surface area (Å²) in [6, 6.07) is 10.2. The SMILES string of the molecule is CCC(C)n1cnc(-c2ccc(F)cc2)c1-c1ccc2nc(NC(C)=O)cn2n1. The lowest BCUT2D eigenvalue weighted by molar-refractivity contribution is -0.114. The first kappa shape index (κ1) is 18.8. The number of halogens is 1. The van der Waals surface area contributed by atoms with Crippen LogP contribution >= 0.6 is 0 Å². The van der Waals surface area contributed by atoms with Gasteiger partial charge in [0.15, 0.2) is 11.5 Å². The van der Waals surface area contributed by atoms with Crippen LogP contribution in [0.1, 0.15) is 33.2 Å². The number of rotatable bonds is 5. The Morgan fingerprint density at radius 3 is 2.66 bits per heavy atom. The summed E-state index contributed by atoms with van der Waals surface area (Å²) >= 11 is 0. The smallest absolute Gasteiger partial charge is 0.222 e. The van der Waals surface area contributed by atoms with Crippen LogP contribution in [0.15, 0.2) is 48.9 Å². The zero-order valence-corrected chi connectivity index (χ0v) is 16.4. The summed E-state index contributed by atoms with van der Waals surface area (Å²) in [6.45, 7) is 5.66. The highest BCUT2D eigenvalue weighted by Gasteiger charge is 2.20.